The maximum absolute atomic E-state index is 12.8. The highest BCUT2D eigenvalue weighted by Gasteiger charge is 2.36. The van der Waals surface area contributed by atoms with E-state index in [1.165, 1.54) is 31.2 Å². The molecule has 0 radical (unpaired) electrons. The molecule has 3 aliphatic rings. The number of carbonyl (C=O) groups is 1. The molecule has 0 saturated carbocycles. The minimum Gasteiger partial charge on any atom is -0.336 e. The largest absolute Gasteiger partial charge is 0.336 e. The summed E-state index contributed by atoms with van der Waals surface area (Å²) in [5.41, 5.74) is 1.30. The lowest BCUT2D eigenvalue weighted by Crippen LogP contribution is -2.40. The second-order valence-electron chi connectivity index (χ2n) is 7.34. The Morgan fingerprint density at radius 2 is 1.78 bits per heavy atom. The van der Waals surface area contributed by atoms with Crippen LogP contribution in [0.2, 0.25) is 0 Å². The molecule has 126 valence electrons. The SMILES string of the molecule is Cl.O=C(CC1CC2CCC(C1)N2)N1CCCC1c1ccccc1. The van der Waals surface area contributed by atoms with Crippen molar-refractivity contribution in [2.24, 2.45) is 5.92 Å². The van der Waals surface area contributed by atoms with Crippen molar-refractivity contribution in [3.05, 3.63) is 35.9 Å². The Bertz CT molecular complexity index is 523. The molecule has 3 fully saturated rings. The van der Waals surface area contributed by atoms with Crippen LogP contribution in [0.15, 0.2) is 30.3 Å². The number of amides is 1. The first kappa shape index (κ1) is 16.8. The lowest BCUT2D eigenvalue weighted by atomic mass is 9.89. The minimum absolute atomic E-state index is 0. The van der Waals surface area contributed by atoms with Gasteiger partial charge in [-0.3, -0.25) is 4.79 Å². The normalized spacial score (nSPS) is 32.6. The summed E-state index contributed by atoms with van der Waals surface area (Å²) in [6.07, 6.45) is 8.05. The van der Waals surface area contributed by atoms with Crippen LogP contribution in [0.4, 0.5) is 0 Å². The van der Waals surface area contributed by atoms with Crippen molar-refractivity contribution in [3.8, 4) is 0 Å². The number of hydrogen-bond acceptors (Lipinski definition) is 2. The first-order valence-corrected chi connectivity index (χ1v) is 8.90. The third-order valence-electron chi connectivity index (χ3n) is 5.79. The molecular formula is C19H27ClN2O. The molecule has 3 saturated heterocycles. The highest BCUT2D eigenvalue weighted by Crippen LogP contribution is 2.36. The fraction of sp³-hybridized carbons (Fsp3) is 0.632. The fourth-order valence-electron chi connectivity index (χ4n) is 4.79. The van der Waals surface area contributed by atoms with Crippen molar-refractivity contribution in [1.29, 1.82) is 0 Å². The summed E-state index contributed by atoms with van der Waals surface area (Å²) in [5, 5.41) is 3.67. The van der Waals surface area contributed by atoms with Crippen molar-refractivity contribution in [2.45, 2.75) is 63.1 Å². The molecule has 3 atom stereocenters. The molecule has 4 rings (SSSR count). The minimum atomic E-state index is 0. The van der Waals surface area contributed by atoms with Crippen molar-refractivity contribution in [2.75, 3.05) is 6.54 Å². The van der Waals surface area contributed by atoms with Crippen LogP contribution in [0.5, 0.6) is 0 Å². The van der Waals surface area contributed by atoms with E-state index in [-0.39, 0.29) is 12.4 Å². The Morgan fingerprint density at radius 3 is 2.48 bits per heavy atom. The molecule has 3 nitrogen and oxygen atoms in total. The predicted octanol–water partition coefficient (Wildman–Crippen LogP) is 3.69. The molecule has 0 spiro atoms. The monoisotopic (exact) mass is 334 g/mol. The molecule has 0 aromatic heterocycles. The second-order valence-corrected chi connectivity index (χ2v) is 7.34. The quantitative estimate of drug-likeness (QED) is 0.914. The van der Waals surface area contributed by atoms with Gasteiger partial charge in [-0.05, 0) is 50.0 Å². The summed E-state index contributed by atoms with van der Waals surface area (Å²) in [6, 6.07) is 12.2. The van der Waals surface area contributed by atoms with E-state index in [1.807, 2.05) is 0 Å². The molecular weight excluding hydrogens is 308 g/mol. The van der Waals surface area contributed by atoms with E-state index in [2.05, 4.69) is 40.5 Å². The Hall–Kier alpha value is -1.06. The maximum Gasteiger partial charge on any atom is 0.223 e. The molecule has 3 heterocycles. The maximum atomic E-state index is 12.8. The first-order chi connectivity index (χ1) is 10.8. The Labute approximate surface area is 145 Å². The number of piperidine rings is 1. The van der Waals surface area contributed by atoms with Gasteiger partial charge >= 0.3 is 0 Å². The van der Waals surface area contributed by atoms with Crippen LogP contribution in [-0.4, -0.2) is 29.4 Å². The van der Waals surface area contributed by atoms with Crippen molar-refractivity contribution >= 4 is 18.3 Å². The van der Waals surface area contributed by atoms with Crippen molar-refractivity contribution in [3.63, 3.8) is 0 Å². The van der Waals surface area contributed by atoms with Gasteiger partial charge in [0.05, 0.1) is 6.04 Å². The van der Waals surface area contributed by atoms with Gasteiger partial charge in [-0.2, -0.15) is 0 Å². The number of likely N-dealkylation sites (tertiary alicyclic amines) is 1. The van der Waals surface area contributed by atoms with Crippen LogP contribution in [0.1, 0.15) is 56.6 Å². The zero-order valence-electron chi connectivity index (χ0n) is 13.6. The lowest BCUT2D eigenvalue weighted by molar-refractivity contribution is -0.133. The molecule has 1 aromatic carbocycles. The van der Waals surface area contributed by atoms with Crippen molar-refractivity contribution < 1.29 is 4.79 Å². The van der Waals surface area contributed by atoms with E-state index in [0.717, 1.165) is 25.8 Å². The fourth-order valence-corrected chi connectivity index (χ4v) is 4.79. The molecule has 0 aliphatic carbocycles. The summed E-state index contributed by atoms with van der Waals surface area (Å²) in [6.45, 7) is 0.941. The topological polar surface area (TPSA) is 32.3 Å². The number of fused-ring (bicyclic) bond motifs is 2. The summed E-state index contributed by atoms with van der Waals surface area (Å²) >= 11 is 0. The highest BCUT2D eigenvalue weighted by atomic mass is 35.5. The third kappa shape index (κ3) is 3.56. The summed E-state index contributed by atoms with van der Waals surface area (Å²) in [7, 11) is 0. The van der Waals surface area contributed by atoms with E-state index in [4.69, 9.17) is 0 Å². The first-order valence-electron chi connectivity index (χ1n) is 8.90. The van der Waals surface area contributed by atoms with Gasteiger partial charge in [0, 0.05) is 25.0 Å². The van der Waals surface area contributed by atoms with Crippen LogP contribution < -0.4 is 5.32 Å². The van der Waals surface area contributed by atoms with E-state index in [1.54, 1.807) is 0 Å². The van der Waals surface area contributed by atoms with Gasteiger partial charge in [0.2, 0.25) is 5.91 Å². The second kappa shape index (κ2) is 7.23. The predicted molar refractivity (Wildman–Crippen MR) is 94.7 cm³/mol. The number of nitrogens with one attached hydrogen (secondary N) is 1. The zero-order valence-corrected chi connectivity index (χ0v) is 14.4. The van der Waals surface area contributed by atoms with E-state index in [0.29, 0.717) is 30.0 Å². The molecule has 4 heteroatoms. The van der Waals surface area contributed by atoms with Gasteiger partial charge in [0.25, 0.3) is 0 Å². The van der Waals surface area contributed by atoms with E-state index >= 15 is 0 Å². The van der Waals surface area contributed by atoms with Gasteiger partial charge in [0.1, 0.15) is 0 Å². The van der Waals surface area contributed by atoms with Crippen molar-refractivity contribution in [1.82, 2.24) is 10.2 Å². The molecule has 3 aliphatic heterocycles. The molecule has 1 aromatic rings. The van der Waals surface area contributed by atoms with Crippen LogP contribution in [0.3, 0.4) is 0 Å². The molecule has 1 N–H and O–H groups in total. The van der Waals surface area contributed by atoms with E-state index in [9.17, 15) is 4.79 Å². The summed E-state index contributed by atoms with van der Waals surface area (Å²) in [4.78, 5) is 15.0. The Morgan fingerprint density at radius 1 is 1.09 bits per heavy atom. The number of hydrogen-bond donors (Lipinski definition) is 1. The molecule has 3 unspecified atom stereocenters. The van der Waals surface area contributed by atoms with Gasteiger partial charge < -0.3 is 10.2 Å². The van der Waals surface area contributed by atoms with E-state index < -0.39 is 0 Å². The van der Waals surface area contributed by atoms with Crippen LogP contribution in [-0.2, 0) is 4.79 Å². The highest BCUT2D eigenvalue weighted by molar-refractivity contribution is 5.85. The molecule has 1 amide bonds. The molecule has 23 heavy (non-hydrogen) atoms. The Balaban J connectivity index is 0.00000156. The standard InChI is InChI=1S/C19H26N2O.ClH/c22-19(13-14-11-16-8-9-17(12-14)20-16)21-10-4-7-18(21)15-5-2-1-3-6-15;/h1-3,5-6,14,16-18,20H,4,7-13H2;1H. The number of nitrogens with zero attached hydrogens (tertiary/aromatic N) is 1. The average molecular weight is 335 g/mol. The number of carbonyl (C=O) groups excluding carboxylic acids is 1. The van der Waals surface area contributed by atoms with Crippen LogP contribution >= 0.6 is 12.4 Å². The van der Waals surface area contributed by atoms with Gasteiger partial charge in [-0.25, -0.2) is 0 Å². The lowest BCUT2D eigenvalue weighted by Gasteiger charge is -2.31. The van der Waals surface area contributed by atoms with Crippen LogP contribution in [0.25, 0.3) is 0 Å². The number of rotatable bonds is 3. The zero-order chi connectivity index (χ0) is 14.9. The smallest absolute Gasteiger partial charge is 0.223 e. The molecule has 2 bridgehead atoms. The van der Waals surface area contributed by atoms with Gasteiger partial charge in [0.15, 0.2) is 0 Å². The number of halogens is 1. The average Bonchev–Trinajstić information content (AvgIpc) is 3.15. The van der Waals surface area contributed by atoms with Gasteiger partial charge in [-0.1, -0.05) is 30.3 Å². The third-order valence-corrected chi connectivity index (χ3v) is 5.79. The summed E-state index contributed by atoms with van der Waals surface area (Å²) in [5.74, 6) is 0.987. The van der Waals surface area contributed by atoms with Crippen LogP contribution in [0, 0.1) is 5.92 Å². The van der Waals surface area contributed by atoms with Gasteiger partial charge in [-0.15, -0.1) is 12.4 Å². The summed E-state index contributed by atoms with van der Waals surface area (Å²) < 4.78 is 0. The number of benzene rings is 1. The Kier molecular flexibility index (Phi) is 5.27.